The van der Waals surface area contributed by atoms with Crippen LogP contribution in [-0.2, 0) is 7.05 Å². The molecule has 0 aliphatic rings. The maximum absolute atomic E-state index is 13.1. The molecule has 0 bridgehead atoms. The average molecular weight is 334 g/mol. The quantitative estimate of drug-likeness (QED) is 0.670. The summed E-state index contributed by atoms with van der Waals surface area (Å²) in [5, 5.41) is 4.43. The van der Waals surface area contributed by atoms with E-state index < -0.39 is 0 Å². The Morgan fingerprint density at radius 1 is 1.56 bits per heavy atom. The zero-order chi connectivity index (χ0) is 13.3. The van der Waals surface area contributed by atoms with E-state index in [0.29, 0.717) is 10.6 Å². The van der Waals surface area contributed by atoms with Crippen LogP contribution in [0.25, 0.3) is 0 Å². The minimum absolute atomic E-state index is 0.311. The van der Waals surface area contributed by atoms with Gasteiger partial charge < -0.3 is 0 Å². The highest BCUT2D eigenvalue weighted by Gasteiger charge is 2.21. The van der Waals surface area contributed by atoms with E-state index in [1.165, 1.54) is 12.1 Å². The second kappa shape index (κ2) is 5.36. The Balaban J connectivity index is 2.52. The van der Waals surface area contributed by atoms with Gasteiger partial charge in [0.15, 0.2) is 0 Å². The highest BCUT2D eigenvalue weighted by molar-refractivity contribution is 9.10. The predicted octanol–water partition coefficient (Wildman–Crippen LogP) is 2.53. The number of nitrogens with zero attached hydrogens (tertiary/aromatic N) is 2. The molecular formula is C11H11BrClFN4. The van der Waals surface area contributed by atoms with Gasteiger partial charge in [-0.15, -0.1) is 0 Å². The van der Waals surface area contributed by atoms with E-state index in [4.69, 9.17) is 17.4 Å². The van der Waals surface area contributed by atoms with Gasteiger partial charge in [0.25, 0.3) is 0 Å². The number of hydrazine groups is 1. The summed E-state index contributed by atoms with van der Waals surface area (Å²) in [6.45, 7) is 0. The van der Waals surface area contributed by atoms with E-state index >= 15 is 0 Å². The van der Waals surface area contributed by atoms with Crippen LogP contribution in [-0.4, -0.2) is 9.78 Å². The van der Waals surface area contributed by atoms with Gasteiger partial charge in [0.2, 0.25) is 0 Å². The SMILES string of the molecule is Cn1ncc(Br)c1C(NN)c1ccc(F)cc1Cl. The Hall–Kier alpha value is -0.950. The van der Waals surface area contributed by atoms with Crippen molar-refractivity contribution in [1.82, 2.24) is 15.2 Å². The second-order valence-corrected chi connectivity index (χ2v) is 5.03. The fraction of sp³-hybridized carbons (Fsp3) is 0.182. The van der Waals surface area contributed by atoms with Gasteiger partial charge in [-0.3, -0.25) is 10.5 Å². The molecule has 0 aliphatic heterocycles. The maximum Gasteiger partial charge on any atom is 0.124 e. The summed E-state index contributed by atoms with van der Waals surface area (Å²) in [5.74, 6) is 5.19. The highest BCUT2D eigenvalue weighted by atomic mass is 79.9. The number of benzene rings is 1. The number of hydrogen-bond acceptors (Lipinski definition) is 3. The monoisotopic (exact) mass is 332 g/mol. The van der Waals surface area contributed by atoms with Crippen molar-refractivity contribution >= 4 is 27.5 Å². The van der Waals surface area contributed by atoms with Crippen molar-refractivity contribution in [2.45, 2.75) is 6.04 Å². The van der Waals surface area contributed by atoms with Gasteiger partial charge >= 0.3 is 0 Å². The van der Waals surface area contributed by atoms with Gasteiger partial charge in [-0.2, -0.15) is 5.10 Å². The van der Waals surface area contributed by atoms with E-state index in [-0.39, 0.29) is 11.9 Å². The standard InChI is InChI=1S/C11H11BrClFN4/c1-18-11(8(12)5-16-18)10(17-15)7-3-2-6(14)4-9(7)13/h2-5,10,17H,15H2,1H3. The normalized spacial score (nSPS) is 12.7. The van der Waals surface area contributed by atoms with E-state index in [0.717, 1.165) is 10.2 Å². The van der Waals surface area contributed by atoms with Crippen molar-refractivity contribution in [3.05, 3.63) is 51.0 Å². The molecule has 0 fully saturated rings. The fourth-order valence-corrected chi connectivity index (χ4v) is 2.65. The topological polar surface area (TPSA) is 55.9 Å². The smallest absolute Gasteiger partial charge is 0.124 e. The molecule has 18 heavy (non-hydrogen) atoms. The maximum atomic E-state index is 13.1. The summed E-state index contributed by atoms with van der Waals surface area (Å²) in [6, 6.07) is 3.82. The van der Waals surface area contributed by atoms with Gasteiger partial charge in [0.1, 0.15) is 5.82 Å². The molecule has 1 heterocycles. The molecule has 0 radical (unpaired) electrons. The molecule has 2 aromatic rings. The third kappa shape index (κ3) is 2.42. The summed E-state index contributed by atoms with van der Waals surface area (Å²) in [5.41, 5.74) is 4.16. The summed E-state index contributed by atoms with van der Waals surface area (Å²) < 4.78 is 15.5. The van der Waals surface area contributed by atoms with Crippen LogP contribution in [0.5, 0.6) is 0 Å². The first-order valence-electron chi connectivity index (χ1n) is 5.13. The highest BCUT2D eigenvalue weighted by Crippen LogP contribution is 2.31. The molecule has 1 aromatic heterocycles. The van der Waals surface area contributed by atoms with E-state index in [9.17, 15) is 4.39 Å². The Morgan fingerprint density at radius 3 is 2.78 bits per heavy atom. The van der Waals surface area contributed by atoms with Crippen LogP contribution in [0.1, 0.15) is 17.3 Å². The largest absolute Gasteiger partial charge is 0.271 e. The van der Waals surface area contributed by atoms with Gasteiger partial charge in [0.05, 0.1) is 22.4 Å². The summed E-state index contributed by atoms with van der Waals surface area (Å²) in [7, 11) is 1.79. The van der Waals surface area contributed by atoms with Crippen molar-refractivity contribution in [3.8, 4) is 0 Å². The third-order valence-corrected chi connectivity index (χ3v) is 3.59. The number of rotatable bonds is 3. The Bertz CT molecular complexity index is 553. The van der Waals surface area contributed by atoms with Gasteiger partial charge in [-0.05, 0) is 33.6 Å². The first-order valence-corrected chi connectivity index (χ1v) is 6.30. The number of hydrogen-bond donors (Lipinski definition) is 2. The number of nitrogens with one attached hydrogen (secondary N) is 1. The number of aromatic nitrogens is 2. The van der Waals surface area contributed by atoms with E-state index in [1.807, 2.05) is 0 Å². The summed E-state index contributed by atoms with van der Waals surface area (Å²) in [6.07, 6.45) is 1.66. The van der Waals surface area contributed by atoms with E-state index in [2.05, 4.69) is 26.5 Å². The van der Waals surface area contributed by atoms with Crippen LogP contribution in [0, 0.1) is 5.82 Å². The summed E-state index contributed by atoms with van der Waals surface area (Å²) in [4.78, 5) is 0. The molecule has 0 saturated heterocycles. The number of aryl methyl sites for hydroxylation is 1. The molecule has 0 aliphatic carbocycles. The van der Waals surface area contributed by atoms with Crippen LogP contribution >= 0.6 is 27.5 Å². The Labute approximate surface area is 117 Å². The third-order valence-electron chi connectivity index (χ3n) is 2.65. The van der Waals surface area contributed by atoms with Crippen LogP contribution in [0.15, 0.2) is 28.9 Å². The van der Waals surface area contributed by atoms with Crippen LogP contribution in [0.4, 0.5) is 4.39 Å². The fourth-order valence-electron chi connectivity index (χ4n) is 1.80. The molecule has 96 valence electrons. The minimum Gasteiger partial charge on any atom is -0.271 e. The zero-order valence-corrected chi connectivity index (χ0v) is 11.8. The second-order valence-electron chi connectivity index (χ2n) is 3.77. The average Bonchev–Trinajstić information content (AvgIpc) is 2.64. The lowest BCUT2D eigenvalue weighted by Gasteiger charge is -2.18. The van der Waals surface area contributed by atoms with Crippen LogP contribution in [0.2, 0.25) is 5.02 Å². The number of nitrogens with two attached hydrogens (primary N) is 1. The first kappa shape index (κ1) is 13.5. The van der Waals surface area contributed by atoms with Gasteiger partial charge in [0, 0.05) is 12.1 Å². The van der Waals surface area contributed by atoms with Crippen molar-refractivity contribution in [3.63, 3.8) is 0 Å². The summed E-state index contributed by atoms with van der Waals surface area (Å²) >= 11 is 9.44. The molecule has 4 nitrogen and oxygen atoms in total. The van der Waals surface area contributed by atoms with Crippen molar-refractivity contribution < 1.29 is 4.39 Å². The Morgan fingerprint density at radius 2 is 2.28 bits per heavy atom. The lowest BCUT2D eigenvalue weighted by Crippen LogP contribution is -2.30. The van der Waals surface area contributed by atoms with Gasteiger partial charge in [-0.25, -0.2) is 9.82 Å². The predicted molar refractivity (Wildman–Crippen MR) is 71.5 cm³/mol. The molecule has 1 atom stereocenters. The molecule has 3 N–H and O–H groups in total. The molecule has 7 heteroatoms. The molecule has 2 rings (SSSR count). The lowest BCUT2D eigenvalue weighted by atomic mass is 10.0. The molecule has 0 spiro atoms. The van der Waals surface area contributed by atoms with Crippen molar-refractivity contribution in [2.75, 3.05) is 0 Å². The lowest BCUT2D eigenvalue weighted by molar-refractivity contribution is 0.570. The molecular weight excluding hydrogens is 323 g/mol. The minimum atomic E-state index is -0.386. The molecule has 1 unspecified atom stereocenters. The van der Waals surface area contributed by atoms with Crippen LogP contribution < -0.4 is 11.3 Å². The zero-order valence-electron chi connectivity index (χ0n) is 9.49. The molecule has 1 aromatic carbocycles. The number of halogens is 3. The van der Waals surface area contributed by atoms with Crippen LogP contribution in [0.3, 0.4) is 0 Å². The van der Waals surface area contributed by atoms with Crippen molar-refractivity contribution in [2.24, 2.45) is 12.9 Å². The Kier molecular flexibility index (Phi) is 4.01. The molecule has 0 saturated carbocycles. The van der Waals surface area contributed by atoms with E-state index in [1.54, 1.807) is 24.0 Å². The molecule has 0 amide bonds. The first-order chi connectivity index (χ1) is 8.54. The van der Waals surface area contributed by atoms with Crippen molar-refractivity contribution in [1.29, 1.82) is 0 Å². The van der Waals surface area contributed by atoms with Gasteiger partial charge in [-0.1, -0.05) is 17.7 Å².